The number of carbonyl (C=O) groups excluding carboxylic acids is 3. The van der Waals surface area contributed by atoms with Crippen molar-refractivity contribution in [3.05, 3.63) is 89.3 Å². The molecule has 0 fully saturated rings. The first-order valence-electron chi connectivity index (χ1n) is 14.0. The fourth-order valence-corrected chi connectivity index (χ4v) is 5.27. The molecular weight excluding hydrogens is 575 g/mol. The number of nitrogens with one attached hydrogen (secondary N) is 1. The van der Waals surface area contributed by atoms with E-state index in [2.05, 4.69) is 15.3 Å². The lowest BCUT2D eigenvalue weighted by molar-refractivity contribution is -0.136. The zero-order valence-electron chi connectivity index (χ0n) is 23.7. The zero-order chi connectivity index (χ0) is 30.3. The number of ether oxygens (including phenoxy) is 1. The molecule has 1 aliphatic heterocycles. The molecule has 0 bridgehead atoms. The third kappa shape index (κ3) is 7.47. The zero-order valence-corrected chi connectivity index (χ0v) is 24.5. The summed E-state index contributed by atoms with van der Waals surface area (Å²) in [7, 11) is 1.61. The molecule has 0 aliphatic carbocycles. The highest BCUT2D eigenvalue weighted by molar-refractivity contribution is 6.31. The number of halogens is 2. The Kier molecular flexibility index (Phi) is 9.51. The smallest absolute Gasteiger partial charge is 0.412 e. The average molecular weight is 607 g/mol. The number of carbonyl (C=O) groups is 3. The summed E-state index contributed by atoms with van der Waals surface area (Å²) in [5.41, 5.74) is 0.525. The second-order valence-electron chi connectivity index (χ2n) is 10.4. The van der Waals surface area contributed by atoms with E-state index in [-0.39, 0.29) is 49.1 Å². The van der Waals surface area contributed by atoms with E-state index in [9.17, 15) is 18.8 Å². The Bertz CT molecular complexity index is 1630. The number of fused-ring (bicyclic) bond motifs is 2. The number of hydrogen-bond acceptors (Lipinski definition) is 6. The van der Waals surface area contributed by atoms with Crippen molar-refractivity contribution in [2.75, 3.05) is 25.5 Å². The summed E-state index contributed by atoms with van der Waals surface area (Å²) in [5, 5.41) is 4.46. The second kappa shape index (κ2) is 13.6. The highest BCUT2D eigenvalue weighted by Gasteiger charge is 2.26. The van der Waals surface area contributed by atoms with Gasteiger partial charge in [0.2, 0.25) is 11.8 Å². The summed E-state index contributed by atoms with van der Waals surface area (Å²) >= 11 is 6.07. The summed E-state index contributed by atoms with van der Waals surface area (Å²) in [6, 6.07) is 13.3. The number of nitrogens with zero attached hydrogens (tertiary/aromatic N) is 5. The van der Waals surface area contributed by atoms with Gasteiger partial charge in [-0.15, -0.1) is 0 Å². The van der Waals surface area contributed by atoms with Gasteiger partial charge in [-0.25, -0.2) is 19.2 Å². The summed E-state index contributed by atoms with van der Waals surface area (Å²) in [5.74, 6) is 0.281. The molecule has 2 aromatic heterocycles. The molecule has 43 heavy (non-hydrogen) atoms. The molecule has 1 aliphatic rings. The van der Waals surface area contributed by atoms with Crippen LogP contribution < -0.4 is 5.32 Å². The van der Waals surface area contributed by atoms with Crippen molar-refractivity contribution in [2.45, 2.75) is 44.8 Å². The Balaban J connectivity index is 1.21. The van der Waals surface area contributed by atoms with Crippen LogP contribution in [0.15, 0.2) is 67.1 Å². The molecule has 0 spiro atoms. The molecule has 5 rings (SSSR count). The lowest BCUT2D eigenvalue weighted by atomic mass is 10.1. The standard InChI is InChI=1S/C31H32ClFN6O4/c1-37(28(40)11-9-21-7-4-8-25(33)30(21)32)24(10-12-29(41)39-16-15-38-14-13-34-27(38)19-39)20-43-31(42)36-26-17-22-5-2-3-6-23(22)18-35-26/h2-8,13-14,17-18,24H,9-12,15-16,19-20H2,1H3,(H,35,36,42)/t24-/m0/s1. The van der Waals surface area contributed by atoms with E-state index in [1.54, 1.807) is 42.5 Å². The van der Waals surface area contributed by atoms with E-state index in [1.807, 2.05) is 35.0 Å². The molecule has 1 atom stereocenters. The largest absolute Gasteiger partial charge is 0.447 e. The van der Waals surface area contributed by atoms with Crippen molar-refractivity contribution in [1.82, 2.24) is 24.3 Å². The average Bonchev–Trinajstić information content (AvgIpc) is 3.49. The number of rotatable bonds is 10. The second-order valence-corrected chi connectivity index (χ2v) is 10.8. The molecule has 12 heteroatoms. The normalized spacial score (nSPS) is 13.3. The third-order valence-corrected chi connectivity index (χ3v) is 8.06. The summed E-state index contributed by atoms with van der Waals surface area (Å²) in [6.45, 7) is 1.50. The first kappa shape index (κ1) is 30.0. The molecular formula is C31H32ClFN6O4. The molecule has 0 saturated carbocycles. The van der Waals surface area contributed by atoms with Gasteiger partial charge in [0.1, 0.15) is 24.1 Å². The van der Waals surface area contributed by atoms with Crippen molar-refractivity contribution in [2.24, 2.45) is 0 Å². The number of imidazole rings is 1. The fourth-order valence-electron chi connectivity index (χ4n) is 5.05. The minimum Gasteiger partial charge on any atom is -0.447 e. The highest BCUT2D eigenvalue weighted by atomic mass is 35.5. The van der Waals surface area contributed by atoms with Crippen molar-refractivity contribution in [3.63, 3.8) is 0 Å². The van der Waals surface area contributed by atoms with Gasteiger partial charge >= 0.3 is 6.09 Å². The third-order valence-electron chi connectivity index (χ3n) is 7.64. The van der Waals surface area contributed by atoms with Gasteiger partial charge < -0.3 is 19.1 Å². The Hall–Kier alpha value is -4.51. The van der Waals surface area contributed by atoms with Crippen molar-refractivity contribution < 1.29 is 23.5 Å². The van der Waals surface area contributed by atoms with E-state index in [4.69, 9.17) is 16.3 Å². The van der Waals surface area contributed by atoms with Gasteiger partial charge in [0, 0.05) is 57.0 Å². The van der Waals surface area contributed by atoms with Crippen LogP contribution in [0.4, 0.5) is 15.0 Å². The van der Waals surface area contributed by atoms with Crippen LogP contribution >= 0.6 is 11.6 Å². The Morgan fingerprint density at radius 2 is 1.91 bits per heavy atom. The number of anilines is 1. The van der Waals surface area contributed by atoms with E-state index in [1.165, 1.54) is 11.0 Å². The minimum atomic E-state index is -0.727. The quantitative estimate of drug-likeness (QED) is 0.270. The minimum absolute atomic E-state index is 0.00966. The van der Waals surface area contributed by atoms with E-state index in [0.717, 1.165) is 16.6 Å². The molecule has 1 N–H and O–H groups in total. The van der Waals surface area contributed by atoms with Gasteiger partial charge in [0.25, 0.3) is 0 Å². The number of amides is 3. The van der Waals surface area contributed by atoms with Crippen LogP contribution in [0.2, 0.25) is 5.02 Å². The molecule has 3 amide bonds. The molecule has 224 valence electrons. The van der Waals surface area contributed by atoms with Crippen LogP contribution in [-0.4, -0.2) is 68.5 Å². The summed E-state index contributed by atoms with van der Waals surface area (Å²) in [6.07, 6.45) is 5.25. The van der Waals surface area contributed by atoms with Crippen LogP contribution in [0.25, 0.3) is 10.8 Å². The number of likely N-dealkylation sites (N-methyl/N-ethyl adjacent to an activating group) is 1. The van der Waals surface area contributed by atoms with E-state index in [0.29, 0.717) is 31.0 Å². The molecule has 4 aromatic rings. The van der Waals surface area contributed by atoms with Gasteiger partial charge in [-0.3, -0.25) is 14.9 Å². The Morgan fingerprint density at radius 3 is 2.74 bits per heavy atom. The molecule has 2 aromatic carbocycles. The molecule has 0 radical (unpaired) electrons. The molecule has 10 nitrogen and oxygen atoms in total. The molecule has 3 heterocycles. The van der Waals surface area contributed by atoms with Crippen LogP contribution in [0.3, 0.4) is 0 Å². The highest BCUT2D eigenvalue weighted by Crippen LogP contribution is 2.22. The first-order valence-corrected chi connectivity index (χ1v) is 14.4. The Labute approximate surface area is 253 Å². The molecule has 0 unspecified atom stereocenters. The number of pyridine rings is 1. The molecule has 0 saturated heterocycles. The van der Waals surface area contributed by atoms with Gasteiger partial charge in [0.05, 0.1) is 17.6 Å². The van der Waals surface area contributed by atoms with Crippen molar-refractivity contribution >= 4 is 46.1 Å². The predicted octanol–water partition coefficient (Wildman–Crippen LogP) is 5.05. The maximum absolute atomic E-state index is 13.9. The van der Waals surface area contributed by atoms with Gasteiger partial charge in [-0.2, -0.15) is 0 Å². The number of aryl methyl sites for hydroxylation is 1. The lowest BCUT2D eigenvalue weighted by Gasteiger charge is -2.30. The van der Waals surface area contributed by atoms with Crippen molar-refractivity contribution in [3.8, 4) is 0 Å². The van der Waals surface area contributed by atoms with Gasteiger partial charge in [-0.05, 0) is 35.9 Å². The number of hydrogen-bond donors (Lipinski definition) is 1. The first-order chi connectivity index (χ1) is 20.8. The topological polar surface area (TPSA) is 110 Å². The van der Waals surface area contributed by atoms with E-state index >= 15 is 0 Å². The maximum Gasteiger partial charge on any atom is 0.412 e. The number of benzene rings is 2. The lowest BCUT2D eigenvalue weighted by Crippen LogP contribution is -2.43. The maximum atomic E-state index is 13.9. The fraction of sp³-hybridized carbons (Fsp3) is 0.323. The van der Waals surface area contributed by atoms with Gasteiger partial charge in [-0.1, -0.05) is 48.0 Å². The summed E-state index contributed by atoms with van der Waals surface area (Å²) < 4.78 is 21.4. The van der Waals surface area contributed by atoms with Crippen molar-refractivity contribution in [1.29, 1.82) is 0 Å². The van der Waals surface area contributed by atoms with Crippen LogP contribution in [0, 0.1) is 5.82 Å². The number of aromatic nitrogens is 3. The van der Waals surface area contributed by atoms with Crippen LogP contribution in [0.5, 0.6) is 0 Å². The van der Waals surface area contributed by atoms with E-state index < -0.39 is 18.0 Å². The predicted molar refractivity (Wildman–Crippen MR) is 160 cm³/mol. The van der Waals surface area contributed by atoms with Crippen LogP contribution in [0.1, 0.15) is 30.7 Å². The monoisotopic (exact) mass is 606 g/mol. The summed E-state index contributed by atoms with van der Waals surface area (Å²) in [4.78, 5) is 50.8. The van der Waals surface area contributed by atoms with Gasteiger partial charge in [0.15, 0.2) is 0 Å². The SMILES string of the molecule is CN(C(=O)CCc1cccc(F)c1Cl)[C@@H](CCC(=O)N1CCn2ccnc2C1)COC(=O)Nc1cc2ccccc2cn1. The Morgan fingerprint density at radius 1 is 1.09 bits per heavy atom. The van der Waals surface area contributed by atoms with Crippen LogP contribution in [-0.2, 0) is 33.8 Å².